The number of piperazine rings is 1. The van der Waals surface area contributed by atoms with Crippen LogP contribution in [0.15, 0.2) is 23.8 Å². The molecule has 114 valence electrons. The number of likely N-dealkylation sites (N-methyl/N-ethyl adjacent to an activating group) is 1. The van der Waals surface area contributed by atoms with Gasteiger partial charge in [0.05, 0.1) is 12.1 Å². The fraction of sp³-hybridized carbons (Fsp3) is 0.571. The standard InChI is InChI=1S/C14H18N2O3S2/c1-15-12(20-2)11(18)16-10-8(5-4-6-9(10)17)7-14(16,21-3)13(15)19/h4-6,9-10,12,17H,7H2,1-3H3/t9-,10-,12+,14+/m0/s1. The summed E-state index contributed by atoms with van der Waals surface area (Å²) in [5.41, 5.74) is 0.955. The molecule has 1 N–H and O–H groups in total. The number of thioether (sulfide) groups is 2. The number of aliphatic hydroxyl groups excluding tert-OH is 1. The summed E-state index contributed by atoms with van der Waals surface area (Å²) in [7, 11) is 1.68. The number of allylic oxidation sites excluding steroid dienone is 2. The van der Waals surface area contributed by atoms with Crippen LogP contribution in [-0.2, 0) is 9.59 Å². The molecule has 0 bridgehead atoms. The predicted molar refractivity (Wildman–Crippen MR) is 84.8 cm³/mol. The summed E-state index contributed by atoms with van der Waals surface area (Å²) in [4.78, 5) is 28.0. The SMILES string of the molecule is CS[C@@H]1C(=O)N2[C@H]3C(=CC=C[C@@H]3O)C[C@@]2(SC)C(=O)N1C. The van der Waals surface area contributed by atoms with E-state index in [2.05, 4.69) is 0 Å². The van der Waals surface area contributed by atoms with E-state index in [9.17, 15) is 14.7 Å². The molecule has 2 aliphatic heterocycles. The number of hydrogen-bond acceptors (Lipinski definition) is 5. The first-order chi connectivity index (χ1) is 9.97. The average Bonchev–Trinajstić information content (AvgIpc) is 2.83. The molecular weight excluding hydrogens is 308 g/mol. The predicted octanol–water partition coefficient (Wildman–Crippen LogP) is 0.665. The number of hydrogen-bond donors (Lipinski definition) is 1. The Labute approximate surface area is 132 Å². The van der Waals surface area contributed by atoms with E-state index < -0.39 is 22.4 Å². The Balaban J connectivity index is 2.13. The average molecular weight is 326 g/mol. The highest BCUT2D eigenvalue weighted by Gasteiger charge is 2.63. The van der Waals surface area contributed by atoms with Crippen LogP contribution in [0.3, 0.4) is 0 Å². The second-order valence-electron chi connectivity index (χ2n) is 5.44. The number of rotatable bonds is 2. The van der Waals surface area contributed by atoms with Crippen LogP contribution in [0.25, 0.3) is 0 Å². The Morgan fingerprint density at radius 1 is 1.38 bits per heavy atom. The zero-order chi connectivity index (χ0) is 15.4. The third-order valence-electron chi connectivity index (χ3n) is 4.45. The summed E-state index contributed by atoms with van der Waals surface area (Å²) in [6.07, 6.45) is 8.80. The molecule has 7 heteroatoms. The zero-order valence-corrected chi connectivity index (χ0v) is 13.8. The third-order valence-corrected chi connectivity index (χ3v) is 6.60. The third kappa shape index (κ3) is 1.83. The summed E-state index contributed by atoms with van der Waals surface area (Å²) < 4.78 is 0. The van der Waals surface area contributed by atoms with Crippen molar-refractivity contribution in [1.82, 2.24) is 9.80 Å². The summed E-state index contributed by atoms with van der Waals surface area (Å²) in [5, 5.41) is 9.78. The van der Waals surface area contributed by atoms with Crippen molar-refractivity contribution in [1.29, 1.82) is 0 Å². The number of carbonyl (C=O) groups is 2. The van der Waals surface area contributed by atoms with Crippen LogP contribution in [0.5, 0.6) is 0 Å². The van der Waals surface area contributed by atoms with E-state index in [0.717, 1.165) is 5.57 Å². The van der Waals surface area contributed by atoms with Crippen LogP contribution in [0.1, 0.15) is 6.42 Å². The second-order valence-corrected chi connectivity index (χ2v) is 7.44. The van der Waals surface area contributed by atoms with Crippen LogP contribution >= 0.6 is 23.5 Å². The fourth-order valence-electron chi connectivity index (χ4n) is 3.46. The Morgan fingerprint density at radius 2 is 2.10 bits per heavy atom. The van der Waals surface area contributed by atoms with Gasteiger partial charge in [-0.15, -0.1) is 23.5 Å². The lowest BCUT2D eigenvalue weighted by molar-refractivity contribution is -0.159. The van der Waals surface area contributed by atoms with Crippen molar-refractivity contribution in [2.45, 2.75) is 28.8 Å². The van der Waals surface area contributed by atoms with Crippen LogP contribution in [0.4, 0.5) is 0 Å². The molecule has 0 aromatic heterocycles. The van der Waals surface area contributed by atoms with E-state index in [1.54, 1.807) is 24.1 Å². The first kappa shape index (κ1) is 15.0. The monoisotopic (exact) mass is 326 g/mol. The Morgan fingerprint density at radius 3 is 2.71 bits per heavy atom. The molecule has 5 nitrogen and oxygen atoms in total. The molecule has 2 heterocycles. The number of amides is 2. The molecule has 2 amide bonds. The van der Waals surface area contributed by atoms with E-state index >= 15 is 0 Å². The first-order valence-electron chi connectivity index (χ1n) is 6.71. The van der Waals surface area contributed by atoms with E-state index in [1.807, 2.05) is 18.6 Å². The highest BCUT2D eigenvalue weighted by molar-refractivity contribution is 8.01. The Kier molecular flexibility index (Phi) is 3.62. The smallest absolute Gasteiger partial charge is 0.260 e. The van der Waals surface area contributed by atoms with Crippen LogP contribution in [0, 0.1) is 0 Å². The van der Waals surface area contributed by atoms with Gasteiger partial charge in [-0.25, -0.2) is 0 Å². The molecule has 0 aromatic carbocycles. The van der Waals surface area contributed by atoms with E-state index in [-0.39, 0.29) is 11.8 Å². The van der Waals surface area contributed by atoms with Crippen molar-refractivity contribution >= 4 is 35.3 Å². The minimum atomic E-state index is -0.915. The van der Waals surface area contributed by atoms with E-state index in [0.29, 0.717) is 6.42 Å². The van der Waals surface area contributed by atoms with Crippen LogP contribution < -0.4 is 0 Å². The van der Waals surface area contributed by atoms with Crippen LogP contribution in [-0.4, -0.2) is 68.7 Å². The summed E-state index contributed by atoms with van der Waals surface area (Å²) in [6, 6.07) is -0.415. The number of fused-ring (bicyclic) bond motifs is 3. The molecule has 0 aromatic rings. The summed E-state index contributed by atoms with van der Waals surface area (Å²) in [6.45, 7) is 0. The van der Waals surface area contributed by atoms with Gasteiger partial charge in [-0.05, 0) is 18.1 Å². The Bertz CT molecular complexity index is 562. The quantitative estimate of drug-likeness (QED) is 0.808. The molecule has 4 atom stereocenters. The second kappa shape index (κ2) is 5.07. The molecule has 2 fully saturated rings. The minimum absolute atomic E-state index is 0.0588. The maximum Gasteiger partial charge on any atom is 0.260 e. The topological polar surface area (TPSA) is 60.9 Å². The van der Waals surface area contributed by atoms with Gasteiger partial charge in [0.25, 0.3) is 11.8 Å². The maximum absolute atomic E-state index is 12.9. The normalized spacial score (nSPS) is 38.5. The van der Waals surface area contributed by atoms with Crippen molar-refractivity contribution < 1.29 is 14.7 Å². The Hall–Kier alpha value is -0.920. The van der Waals surface area contributed by atoms with Gasteiger partial charge < -0.3 is 14.9 Å². The molecule has 3 aliphatic rings. The van der Waals surface area contributed by atoms with Crippen molar-refractivity contribution in [3.63, 3.8) is 0 Å². The highest BCUT2D eigenvalue weighted by Crippen LogP contribution is 2.50. The van der Waals surface area contributed by atoms with Crippen molar-refractivity contribution in [2.24, 2.45) is 0 Å². The zero-order valence-electron chi connectivity index (χ0n) is 12.1. The van der Waals surface area contributed by atoms with Crippen LogP contribution in [0.2, 0.25) is 0 Å². The maximum atomic E-state index is 12.9. The van der Waals surface area contributed by atoms with Gasteiger partial charge in [0, 0.05) is 13.5 Å². The molecule has 0 saturated carbocycles. The van der Waals surface area contributed by atoms with E-state index in [4.69, 9.17) is 0 Å². The number of aliphatic hydroxyl groups is 1. The molecule has 2 saturated heterocycles. The van der Waals surface area contributed by atoms with Gasteiger partial charge in [0.2, 0.25) is 0 Å². The lowest BCUT2D eigenvalue weighted by Gasteiger charge is -2.48. The van der Waals surface area contributed by atoms with Gasteiger partial charge in [0.15, 0.2) is 10.2 Å². The summed E-state index contributed by atoms with van der Waals surface area (Å²) >= 11 is 2.73. The molecule has 0 unspecified atom stereocenters. The van der Waals surface area contributed by atoms with Gasteiger partial charge in [-0.1, -0.05) is 18.2 Å². The number of nitrogens with zero attached hydrogens (tertiary/aromatic N) is 2. The lowest BCUT2D eigenvalue weighted by Crippen LogP contribution is -2.68. The molecule has 0 spiro atoms. The molecular formula is C14H18N2O3S2. The van der Waals surface area contributed by atoms with Gasteiger partial charge in [-0.2, -0.15) is 0 Å². The van der Waals surface area contributed by atoms with Gasteiger partial charge >= 0.3 is 0 Å². The molecule has 21 heavy (non-hydrogen) atoms. The van der Waals surface area contributed by atoms with Crippen molar-refractivity contribution in [3.05, 3.63) is 23.8 Å². The van der Waals surface area contributed by atoms with Crippen molar-refractivity contribution in [3.8, 4) is 0 Å². The largest absolute Gasteiger partial charge is 0.387 e. The molecule has 1 aliphatic carbocycles. The highest BCUT2D eigenvalue weighted by atomic mass is 32.2. The molecule has 0 radical (unpaired) electrons. The van der Waals surface area contributed by atoms with Gasteiger partial charge in [0.1, 0.15) is 0 Å². The van der Waals surface area contributed by atoms with E-state index in [1.165, 1.54) is 28.4 Å². The first-order valence-corrected chi connectivity index (χ1v) is 9.23. The summed E-state index contributed by atoms with van der Waals surface area (Å²) in [5.74, 6) is -0.154. The minimum Gasteiger partial charge on any atom is -0.387 e. The number of carbonyl (C=O) groups excluding carboxylic acids is 2. The fourth-order valence-corrected chi connectivity index (χ4v) is 5.22. The lowest BCUT2D eigenvalue weighted by atomic mass is 9.97. The van der Waals surface area contributed by atoms with Gasteiger partial charge in [-0.3, -0.25) is 9.59 Å². The molecule has 3 rings (SSSR count). The van der Waals surface area contributed by atoms with Crippen molar-refractivity contribution in [2.75, 3.05) is 19.6 Å².